The standard InChI is InChI=1S/C20H20N4O/c1-15-5-2-3-7-17(15)13-23-19-9-18(12-22-14-19)20(25)24-11-16-6-4-8-21-10-16/h2-10,12,14,23H,11,13H2,1H3,(H,24,25). The predicted molar refractivity (Wildman–Crippen MR) is 98.1 cm³/mol. The Morgan fingerprint density at radius 3 is 2.68 bits per heavy atom. The SMILES string of the molecule is Cc1ccccc1CNc1cncc(C(=O)NCc2cccnc2)c1. The van der Waals surface area contributed by atoms with Crippen molar-refractivity contribution in [3.8, 4) is 0 Å². The zero-order chi connectivity index (χ0) is 17.5. The molecule has 2 heterocycles. The van der Waals surface area contributed by atoms with E-state index in [1.165, 1.54) is 11.1 Å². The van der Waals surface area contributed by atoms with Gasteiger partial charge in [-0.3, -0.25) is 14.8 Å². The second-order valence-electron chi connectivity index (χ2n) is 5.79. The summed E-state index contributed by atoms with van der Waals surface area (Å²) in [6.45, 7) is 3.21. The predicted octanol–water partition coefficient (Wildman–Crippen LogP) is 3.33. The average Bonchev–Trinajstić information content (AvgIpc) is 2.66. The van der Waals surface area contributed by atoms with Gasteiger partial charge in [-0.05, 0) is 35.7 Å². The number of carbonyl (C=O) groups excluding carboxylic acids is 1. The highest BCUT2D eigenvalue weighted by atomic mass is 16.1. The molecule has 0 unspecified atom stereocenters. The van der Waals surface area contributed by atoms with Crippen molar-refractivity contribution < 1.29 is 4.79 Å². The Hall–Kier alpha value is -3.21. The summed E-state index contributed by atoms with van der Waals surface area (Å²) in [5, 5.41) is 6.20. The third-order valence-electron chi connectivity index (χ3n) is 3.92. The van der Waals surface area contributed by atoms with Crippen LogP contribution in [0.25, 0.3) is 0 Å². The molecular formula is C20H20N4O. The topological polar surface area (TPSA) is 66.9 Å². The molecule has 0 aliphatic rings. The van der Waals surface area contributed by atoms with Gasteiger partial charge >= 0.3 is 0 Å². The van der Waals surface area contributed by atoms with Gasteiger partial charge in [0.15, 0.2) is 0 Å². The Labute approximate surface area is 147 Å². The molecule has 0 radical (unpaired) electrons. The second-order valence-corrected chi connectivity index (χ2v) is 5.79. The van der Waals surface area contributed by atoms with E-state index in [-0.39, 0.29) is 5.91 Å². The molecule has 0 fully saturated rings. The Morgan fingerprint density at radius 1 is 1.00 bits per heavy atom. The number of anilines is 1. The van der Waals surface area contributed by atoms with Crippen molar-refractivity contribution in [1.29, 1.82) is 0 Å². The van der Waals surface area contributed by atoms with E-state index in [2.05, 4.69) is 39.7 Å². The lowest BCUT2D eigenvalue weighted by atomic mass is 10.1. The molecule has 3 aromatic rings. The number of hydrogen-bond donors (Lipinski definition) is 2. The molecule has 1 amide bonds. The lowest BCUT2D eigenvalue weighted by Crippen LogP contribution is -2.23. The monoisotopic (exact) mass is 332 g/mol. The van der Waals surface area contributed by atoms with E-state index in [1.807, 2.05) is 30.3 Å². The number of nitrogens with zero attached hydrogens (tertiary/aromatic N) is 2. The van der Waals surface area contributed by atoms with Crippen molar-refractivity contribution in [3.63, 3.8) is 0 Å². The van der Waals surface area contributed by atoms with Crippen molar-refractivity contribution in [2.45, 2.75) is 20.0 Å². The van der Waals surface area contributed by atoms with E-state index in [9.17, 15) is 4.79 Å². The highest BCUT2D eigenvalue weighted by Crippen LogP contribution is 2.13. The van der Waals surface area contributed by atoms with Crippen molar-refractivity contribution in [3.05, 3.63) is 89.5 Å². The zero-order valence-corrected chi connectivity index (χ0v) is 14.1. The van der Waals surface area contributed by atoms with Gasteiger partial charge in [0.05, 0.1) is 11.3 Å². The normalized spacial score (nSPS) is 10.3. The van der Waals surface area contributed by atoms with Crippen LogP contribution < -0.4 is 10.6 Å². The summed E-state index contributed by atoms with van der Waals surface area (Å²) >= 11 is 0. The van der Waals surface area contributed by atoms with Crippen LogP contribution in [0.15, 0.2) is 67.3 Å². The van der Waals surface area contributed by atoms with Gasteiger partial charge in [0, 0.05) is 37.9 Å². The minimum absolute atomic E-state index is 0.157. The quantitative estimate of drug-likeness (QED) is 0.726. The first-order valence-electron chi connectivity index (χ1n) is 8.13. The van der Waals surface area contributed by atoms with Crippen LogP contribution in [0.5, 0.6) is 0 Å². The minimum Gasteiger partial charge on any atom is -0.380 e. The highest BCUT2D eigenvalue weighted by molar-refractivity contribution is 5.94. The van der Waals surface area contributed by atoms with Crippen LogP contribution in [0, 0.1) is 6.92 Å². The smallest absolute Gasteiger partial charge is 0.253 e. The molecule has 0 aliphatic heterocycles. The number of aryl methyl sites for hydroxylation is 1. The maximum absolute atomic E-state index is 12.3. The number of rotatable bonds is 6. The van der Waals surface area contributed by atoms with Crippen LogP contribution in [0.3, 0.4) is 0 Å². The molecule has 0 saturated heterocycles. The third kappa shape index (κ3) is 4.64. The lowest BCUT2D eigenvalue weighted by Gasteiger charge is -2.10. The first-order valence-corrected chi connectivity index (χ1v) is 8.13. The molecular weight excluding hydrogens is 312 g/mol. The van der Waals surface area contributed by atoms with Gasteiger partial charge in [0.2, 0.25) is 0 Å². The van der Waals surface area contributed by atoms with Crippen LogP contribution in [0.1, 0.15) is 27.0 Å². The Bertz CT molecular complexity index is 849. The third-order valence-corrected chi connectivity index (χ3v) is 3.92. The molecule has 0 bridgehead atoms. The molecule has 0 atom stereocenters. The van der Waals surface area contributed by atoms with Gasteiger partial charge in [-0.2, -0.15) is 0 Å². The summed E-state index contributed by atoms with van der Waals surface area (Å²) < 4.78 is 0. The van der Waals surface area contributed by atoms with E-state index in [0.717, 1.165) is 11.3 Å². The van der Waals surface area contributed by atoms with Gasteiger partial charge in [0.1, 0.15) is 0 Å². The van der Waals surface area contributed by atoms with Gasteiger partial charge in [-0.15, -0.1) is 0 Å². The molecule has 5 heteroatoms. The molecule has 0 aliphatic carbocycles. The molecule has 1 aromatic carbocycles. The van der Waals surface area contributed by atoms with E-state index in [0.29, 0.717) is 18.7 Å². The van der Waals surface area contributed by atoms with E-state index < -0.39 is 0 Å². The van der Waals surface area contributed by atoms with Crippen LogP contribution >= 0.6 is 0 Å². The Balaban J connectivity index is 1.61. The number of nitrogens with one attached hydrogen (secondary N) is 2. The fourth-order valence-electron chi connectivity index (χ4n) is 2.45. The summed E-state index contributed by atoms with van der Waals surface area (Å²) in [6, 6.07) is 13.8. The maximum atomic E-state index is 12.3. The Kier molecular flexibility index (Phi) is 5.36. The maximum Gasteiger partial charge on any atom is 0.253 e. The average molecular weight is 332 g/mol. The first-order chi connectivity index (χ1) is 12.2. The summed E-state index contributed by atoms with van der Waals surface area (Å²) in [5.74, 6) is -0.157. The van der Waals surface area contributed by atoms with Gasteiger partial charge in [-0.1, -0.05) is 30.3 Å². The molecule has 0 saturated carbocycles. The number of hydrogen-bond acceptors (Lipinski definition) is 4. The van der Waals surface area contributed by atoms with Gasteiger partial charge in [-0.25, -0.2) is 0 Å². The first kappa shape index (κ1) is 16.6. The highest BCUT2D eigenvalue weighted by Gasteiger charge is 2.07. The summed E-state index contributed by atoms with van der Waals surface area (Å²) in [5.41, 5.74) is 4.75. The molecule has 2 aromatic heterocycles. The summed E-state index contributed by atoms with van der Waals surface area (Å²) in [4.78, 5) is 20.5. The van der Waals surface area contributed by atoms with E-state index >= 15 is 0 Å². The van der Waals surface area contributed by atoms with Crippen molar-refractivity contribution in [2.24, 2.45) is 0 Å². The summed E-state index contributed by atoms with van der Waals surface area (Å²) in [6.07, 6.45) is 6.73. The molecule has 5 nitrogen and oxygen atoms in total. The minimum atomic E-state index is -0.157. The molecule has 126 valence electrons. The molecule has 25 heavy (non-hydrogen) atoms. The van der Waals surface area contributed by atoms with Crippen molar-refractivity contribution in [1.82, 2.24) is 15.3 Å². The van der Waals surface area contributed by atoms with E-state index in [4.69, 9.17) is 0 Å². The van der Waals surface area contributed by atoms with Crippen LogP contribution in [-0.4, -0.2) is 15.9 Å². The van der Waals surface area contributed by atoms with Crippen LogP contribution in [0.2, 0.25) is 0 Å². The summed E-state index contributed by atoms with van der Waals surface area (Å²) in [7, 11) is 0. The number of carbonyl (C=O) groups is 1. The van der Waals surface area contributed by atoms with Crippen molar-refractivity contribution >= 4 is 11.6 Å². The number of amides is 1. The lowest BCUT2D eigenvalue weighted by molar-refractivity contribution is 0.0950. The Morgan fingerprint density at radius 2 is 1.88 bits per heavy atom. The number of aromatic nitrogens is 2. The van der Waals surface area contributed by atoms with Crippen LogP contribution in [-0.2, 0) is 13.1 Å². The number of benzene rings is 1. The van der Waals surface area contributed by atoms with Crippen molar-refractivity contribution in [2.75, 3.05) is 5.32 Å². The largest absolute Gasteiger partial charge is 0.380 e. The number of pyridine rings is 2. The fraction of sp³-hybridized carbons (Fsp3) is 0.150. The fourth-order valence-corrected chi connectivity index (χ4v) is 2.45. The molecule has 3 rings (SSSR count). The second kappa shape index (κ2) is 8.06. The molecule has 0 spiro atoms. The van der Waals surface area contributed by atoms with E-state index in [1.54, 1.807) is 24.8 Å². The van der Waals surface area contributed by atoms with Gasteiger partial charge < -0.3 is 10.6 Å². The molecule has 2 N–H and O–H groups in total. The van der Waals surface area contributed by atoms with Gasteiger partial charge in [0.25, 0.3) is 5.91 Å². The zero-order valence-electron chi connectivity index (χ0n) is 14.1. The van der Waals surface area contributed by atoms with Crippen LogP contribution in [0.4, 0.5) is 5.69 Å².